The first-order valence-corrected chi connectivity index (χ1v) is 6.51. The van der Waals surface area contributed by atoms with Gasteiger partial charge in [-0.05, 0) is 30.4 Å². The number of nitrogens with one attached hydrogen (secondary N) is 1. The van der Waals surface area contributed by atoms with Gasteiger partial charge in [-0.1, -0.05) is 0 Å². The quantitative estimate of drug-likeness (QED) is 0.866. The number of hydrogen-bond donors (Lipinski definition) is 1. The third-order valence-corrected chi connectivity index (χ3v) is 3.50. The maximum absolute atomic E-state index is 11.6. The average Bonchev–Trinajstić information content (AvgIpc) is 2.85. The number of piperidine rings is 1. The van der Waals surface area contributed by atoms with Crippen molar-refractivity contribution in [2.75, 3.05) is 19.6 Å². The fourth-order valence-electron chi connectivity index (χ4n) is 1.82. The van der Waals surface area contributed by atoms with Gasteiger partial charge in [0, 0.05) is 32.3 Å². The number of carbonyl (C=O) groups is 2. The number of carbonyl (C=O) groups excluding carboxylic acids is 2. The van der Waals surface area contributed by atoms with E-state index in [1.165, 1.54) is 11.5 Å². The molecule has 0 spiro atoms. The topological polar surface area (TPSA) is 62.3 Å². The Balaban J connectivity index is 1.72. The molecule has 0 aromatic carbocycles. The van der Waals surface area contributed by atoms with Crippen LogP contribution in [0, 0.1) is 0 Å². The highest BCUT2D eigenvalue weighted by Gasteiger charge is 2.17. The summed E-state index contributed by atoms with van der Waals surface area (Å²) in [6.07, 6.45) is 4.30. The van der Waals surface area contributed by atoms with Crippen LogP contribution in [0.25, 0.3) is 0 Å². The molecule has 0 aliphatic carbocycles. The first kappa shape index (κ1) is 12.0. The third-order valence-electron chi connectivity index (χ3n) is 2.75. The standard InChI is InChI=1S/C11H15N3O2S/c15-10-3-1-2-7-14(10)8-6-12-11(16)9-4-5-13-17-9/h4-5H,1-3,6-8H2,(H,12,16). The Morgan fingerprint density at radius 2 is 2.41 bits per heavy atom. The van der Waals surface area contributed by atoms with Crippen molar-refractivity contribution >= 4 is 23.3 Å². The Morgan fingerprint density at radius 1 is 1.53 bits per heavy atom. The molecule has 0 bridgehead atoms. The molecule has 1 saturated heterocycles. The first-order valence-electron chi connectivity index (χ1n) is 5.74. The minimum Gasteiger partial charge on any atom is -0.350 e. The lowest BCUT2D eigenvalue weighted by atomic mass is 10.1. The van der Waals surface area contributed by atoms with E-state index in [4.69, 9.17) is 0 Å². The highest BCUT2D eigenvalue weighted by Crippen LogP contribution is 2.09. The van der Waals surface area contributed by atoms with Crippen molar-refractivity contribution in [1.82, 2.24) is 14.6 Å². The largest absolute Gasteiger partial charge is 0.350 e. The number of hydrogen-bond acceptors (Lipinski definition) is 4. The van der Waals surface area contributed by atoms with Crippen molar-refractivity contribution in [3.8, 4) is 0 Å². The molecule has 1 aromatic heterocycles. The van der Waals surface area contributed by atoms with Crippen LogP contribution in [0.5, 0.6) is 0 Å². The molecule has 1 fully saturated rings. The Morgan fingerprint density at radius 3 is 3.12 bits per heavy atom. The van der Waals surface area contributed by atoms with Gasteiger partial charge in [-0.25, -0.2) is 4.37 Å². The zero-order chi connectivity index (χ0) is 12.1. The van der Waals surface area contributed by atoms with E-state index in [1.807, 2.05) is 4.90 Å². The minimum absolute atomic E-state index is 0.114. The van der Waals surface area contributed by atoms with Gasteiger partial charge in [0.25, 0.3) is 5.91 Å². The van der Waals surface area contributed by atoms with Gasteiger partial charge >= 0.3 is 0 Å². The Labute approximate surface area is 104 Å². The van der Waals surface area contributed by atoms with Crippen LogP contribution in [0.15, 0.2) is 12.3 Å². The molecule has 0 saturated carbocycles. The summed E-state index contributed by atoms with van der Waals surface area (Å²) >= 11 is 1.18. The van der Waals surface area contributed by atoms with Crippen LogP contribution in [0.2, 0.25) is 0 Å². The van der Waals surface area contributed by atoms with E-state index in [2.05, 4.69) is 9.69 Å². The molecule has 1 aliphatic rings. The van der Waals surface area contributed by atoms with Gasteiger partial charge < -0.3 is 10.2 Å². The molecule has 0 unspecified atom stereocenters. The molecule has 2 rings (SSSR count). The molecule has 2 heterocycles. The zero-order valence-corrected chi connectivity index (χ0v) is 10.3. The lowest BCUT2D eigenvalue weighted by molar-refractivity contribution is -0.133. The highest BCUT2D eigenvalue weighted by molar-refractivity contribution is 7.08. The fourth-order valence-corrected chi connectivity index (χ4v) is 2.33. The van der Waals surface area contributed by atoms with Crippen LogP contribution >= 0.6 is 11.5 Å². The monoisotopic (exact) mass is 253 g/mol. The molecule has 2 amide bonds. The molecule has 1 aromatic rings. The van der Waals surface area contributed by atoms with Gasteiger partial charge in [-0.2, -0.15) is 0 Å². The zero-order valence-electron chi connectivity index (χ0n) is 9.52. The van der Waals surface area contributed by atoms with Gasteiger partial charge in [0.2, 0.25) is 5.91 Å². The van der Waals surface area contributed by atoms with Crippen LogP contribution < -0.4 is 5.32 Å². The minimum atomic E-state index is -0.114. The molecule has 0 atom stereocenters. The Hall–Kier alpha value is -1.43. The molecule has 6 heteroatoms. The summed E-state index contributed by atoms with van der Waals surface area (Å²) in [5.74, 6) is 0.0836. The van der Waals surface area contributed by atoms with Crippen molar-refractivity contribution in [1.29, 1.82) is 0 Å². The second kappa shape index (κ2) is 5.77. The number of nitrogens with zero attached hydrogens (tertiary/aromatic N) is 2. The van der Waals surface area contributed by atoms with E-state index >= 15 is 0 Å². The van der Waals surface area contributed by atoms with Crippen LogP contribution in [0.4, 0.5) is 0 Å². The predicted molar refractivity (Wildman–Crippen MR) is 64.9 cm³/mol. The van der Waals surface area contributed by atoms with E-state index < -0.39 is 0 Å². The van der Waals surface area contributed by atoms with Crippen molar-refractivity contribution in [2.45, 2.75) is 19.3 Å². The second-order valence-electron chi connectivity index (χ2n) is 3.97. The Bertz CT molecular complexity index is 391. The molecule has 92 valence electrons. The number of amides is 2. The smallest absolute Gasteiger partial charge is 0.263 e. The van der Waals surface area contributed by atoms with Crippen LogP contribution in [-0.2, 0) is 4.79 Å². The molecular weight excluding hydrogens is 238 g/mol. The van der Waals surface area contributed by atoms with Crippen LogP contribution in [0.3, 0.4) is 0 Å². The predicted octanol–water partition coefficient (Wildman–Crippen LogP) is 0.885. The van der Waals surface area contributed by atoms with Crippen molar-refractivity contribution in [3.05, 3.63) is 17.1 Å². The van der Waals surface area contributed by atoms with Crippen molar-refractivity contribution in [3.63, 3.8) is 0 Å². The lowest BCUT2D eigenvalue weighted by Gasteiger charge is -2.26. The van der Waals surface area contributed by atoms with Gasteiger partial charge in [-0.15, -0.1) is 0 Å². The molecule has 1 aliphatic heterocycles. The fraction of sp³-hybridized carbons (Fsp3) is 0.545. The number of rotatable bonds is 4. The van der Waals surface area contributed by atoms with E-state index in [1.54, 1.807) is 12.3 Å². The molecule has 17 heavy (non-hydrogen) atoms. The summed E-state index contributed by atoms with van der Waals surface area (Å²) in [5, 5.41) is 2.79. The maximum Gasteiger partial charge on any atom is 0.263 e. The number of aromatic nitrogens is 1. The lowest BCUT2D eigenvalue weighted by Crippen LogP contribution is -2.40. The van der Waals surface area contributed by atoms with Crippen molar-refractivity contribution in [2.24, 2.45) is 0 Å². The summed E-state index contributed by atoms with van der Waals surface area (Å²) in [5.41, 5.74) is 0. The van der Waals surface area contributed by atoms with E-state index in [9.17, 15) is 9.59 Å². The summed E-state index contributed by atoms with van der Waals surface area (Å²) in [6, 6.07) is 1.69. The normalized spacial score (nSPS) is 16.0. The van der Waals surface area contributed by atoms with Gasteiger partial charge in [0.1, 0.15) is 4.88 Å². The molecule has 1 N–H and O–H groups in total. The SMILES string of the molecule is O=C(NCCN1CCCCC1=O)c1ccns1. The molecular formula is C11H15N3O2S. The van der Waals surface area contributed by atoms with E-state index in [0.29, 0.717) is 24.4 Å². The highest BCUT2D eigenvalue weighted by atomic mass is 32.1. The third kappa shape index (κ3) is 3.26. The van der Waals surface area contributed by atoms with Gasteiger partial charge in [0.05, 0.1) is 0 Å². The maximum atomic E-state index is 11.6. The molecule has 5 nitrogen and oxygen atoms in total. The van der Waals surface area contributed by atoms with E-state index in [-0.39, 0.29) is 11.8 Å². The second-order valence-corrected chi connectivity index (χ2v) is 4.80. The summed E-state index contributed by atoms with van der Waals surface area (Å²) in [6.45, 7) is 1.92. The molecule has 0 radical (unpaired) electrons. The van der Waals surface area contributed by atoms with Crippen LogP contribution in [0.1, 0.15) is 28.9 Å². The summed E-state index contributed by atoms with van der Waals surface area (Å²) in [4.78, 5) is 25.5. The van der Waals surface area contributed by atoms with E-state index in [0.717, 1.165) is 19.4 Å². The van der Waals surface area contributed by atoms with Crippen molar-refractivity contribution < 1.29 is 9.59 Å². The van der Waals surface area contributed by atoms with Gasteiger partial charge in [-0.3, -0.25) is 9.59 Å². The number of likely N-dealkylation sites (tertiary alicyclic amines) is 1. The Kier molecular flexibility index (Phi) is 4.08. The first-order chi connectivity index (χ1) is 8.27. The summed E-state index contributed by atoms with van der Waals surface area (Å²) < 4.78 is 3.87. The summed E-state index contributed by atoms with van der Waals surface area (Å²) in [7, 11) is 0. The van der Waals surface area contributed by atoms with Gasteiger partial charge in [0.15, 0.2) is 0 Å². The van der Waals surface area contributed by atoms with Crippen LogP contribution in [-0.4, -0.2) is 40.7 Å². The average molecular weight is 253 g/mol.